The van der Waals surface area contributed by atoms with Crippen LogP contribution >= 0.6 is 0 Å². The highest BCUT2D eigenvalue weighted by molar-refractivity contribution is 6.01. The van der Waals surface area contributed by atoms with E-state index in [9.17, 15) is 9.59 Å². The van der Waals surface area contributed by atoms with Crippen LogP contribution in [-0.2, 0) is 9.59 Å². The topological polar surface area (TPSA) is 46.2 Å². The van der Waals surface area contributed by atoms with Gasteiger partial charge >= 0.3 is 0 Å². The van der Waals surface area contributed by atoms with Gasteiger partial charge in [-0.2, -0.15) is 0 Å². The molecule has 0 radical (unpaired) electrons. The third kappa shape index (κ3) is 4.79. The number of amides is 1. The van der Waals surface area contributed by atoms with E-state index in [2.05, 4.69) is 19.2 Å². The molecule has 0 heterocycles. The molecule has 2 atom stereocenters. The van der Waals surface area contributed by atoms with Gasteiger partial charge in [-0.25, -0.2) is 0 Å². The molecule has 3 nitrogen and oxygen atoms in total. The normalized spacial score (nSPS) is 21.7. The standard InChI is InChI=1S/C15H27NO2/c1-3-5-8-12(4-2)11-16-15(18)13-9-6-7-10-14(13)17/h12-13H,3-11H2,1-2H3,(H,16,18). The van der Waals surface area contributed by atoms with Crippen LogP contribution in [0.2, 0.25) is 0 Å². The van der Waals surface area contributed by atoms with Gasteiger partial charge in [0.15, 0.2) is 0 Å². The summed E-state index contributed by atoms with van der Waals surface area (Å²) in [6.45, 7) is 5.09. The number of nitrogens with one attached hydrogen (secondary N) is 1. The van der Waals surface area contributed by atoms with Gasteiger partial charge in [-0.1, -0.05) is 39.5 Å². The zero-order valence-corrected chi connectivity index (χ0v) is 11.8. The average molecular weight is 253 g/mol. The maximum atomic E-state index is 12.0. The summed E-state index contributed by atoms with van der Waals surface area (Å²) in [6.07, 6.45) is 7.99. The first-order chi connectivity index (χ1) is 8.69. The van der Waals surface area contributed by atoms with Crippen molar-refractivity contribution in [1.82, 2.24) is 5.32 Å². The van der Waals surface area contributed by atoms with E-state index in [0.29, 0.717) is 12.3 Å². The Hall–Kier alpha value is -0.860. The summed E-state index contributed by atoms with van der Waals surface area (Å²) in [5.74, 6) is 0.310. The Morgan fingerprint density at radius 1 is 1.39 bits per heavy atom. The third-order valence-corrected chi connectivity index (χ3v) is 3.98. The minimum atomic E-state index is -0.359. The van der Waals surface area contributed by atoms with Crippen molar-refractivity contribution >= 4 is 11.7 Å². The number of rotatable bonds is 7. The fraction of sp³-hybridized carbons (Fsp3) is 0.867. The van der Waals surface area contributed by atoms with Gasteiger partial charge in [-0.15, -0.1) is 0 Å². The fourth-order valence-corrected chi connectivity index (χ4v) is 2.57. The van der Waals surface area contributed by atoms with Crippen molar-refractivity contribution in [1.29, 1.82) is 0 Å². The lowest BCUT2D eigenvalue weighted by Gasteiger charge is -2.21. The smallest absolute Gasteiger partial charge is 0.230 e. The first-order valence-electron chi connectivity index (χ1n) is 7.49. The molecule has 1 amide bonds. The quantitative estimate of drug-likeness (QED) is 0.709. The monoisotopic (exact) mass is 253 g/mol. The van der Waals surface area contributed by atoms with Crippen LogP contribution in [0.25, 0.3) is 0 Å². The number of hydrogen-bond acceptors (Lipinski definition) is 2. The molecule has 2 unspecified atom stereocenters. The molecule has 3 heteroatoms. The van der Waals surface area contributed by atoms with Crippen LogP contribution in [-0.4, -0.2) is 18.2 Å². The Bertz CT molecular complexity index is 276. The van der Waals surface area contributed by atoms with E-state index in [0.717, 1.165) is 32.2 Å². The highest BCUT2D eigenvalue weighted by Crippen LogP contribution is 2.21. The first-order valence-corrected chi connectivity index (χ1v) is 7.49. The number of carbonyl (C=O) groups is 2. The van der Waals surface area contributed by atoms with Gasteiger partial charge in [-0.05, 0) is 25.2 Å². The molecular weight excluding hydrogens is 226 g/mol. The van der Waals surface area contributed by atoms with Crippen LogP contribution in [0.4, 0.5) is 0 Å². The van der Waals surface area contributed by atoms with Crippen molar-refractivity contribution in [3.8, 4) is 0 Å². The van der Waals surface area contributed by atoms with Gasteiger partial charge < -0.3 is 5.32 Å². The largest absolute Gasteiger partial charge is 0.355 e. The third-order valence-electron chi connectivity index (χ3n) is 3.98. The van der Waals surface area contributed by atoms with E-state index in [-0.39, 0.29) is 17.6 Å². The molecule has 0 bridgehead atoms. The summed E-state index contributed by atoms with van der Waals surface area (Å²) in [6, 6.07) is 0. The lowest BCUT2D eigenvalue weighted by Crippen LogP contribution is -2.39. The van der Waals surface area contributed by atoms with Crippen molar-refractivity contribution in [3.05, 3.63) is 0 Å². The molecule has 0 spiro atoms. The second-order valence-electron chi connectivity index (χ2n) is 5.43. The molecule has 1 fully saturated rings. The summed E-state index contributed by atoms with van der Waals surface area (Å²) in [5, 5.41) is 2.98. The second-order valence-corrected chi connectivity index (χ2v) is 5.43. The molecule has 1 aliphatic carbocycles. The fourth-order valence-electron chi connectivity index (χ4n) is 2.57. The van der Waals surface area contributed by atoms with E-state index in [1.54, 1.807) is 0 Å². The van der Waals surface area contributed by atoms with Crippen LogP contribution in [0.1, 0.15) is 65.2 Å². The maximum Gasteiger partial charge on any atom is 0.230 e. The summed E-state index contributed by atoms with van der Waals surface area (Å²) in [5.41, 5.74) is 0. The van der Waals surface area contributed by atoms with Crippen molar-refractivity contribution in [2.24, 2.45) is 11.8 Å². The van der Waals surface area contributed by atoms with Gasteiger partial charge in [0, 0.05) is 13.0 Å². The summed E-state index contributed by atoms with van der Waals surface area (Å²) < 4.78 is 0. The minimum absolute atomic E-state index is 0.0327. The molecule has 0 aromatic rings. The predicted molar refractivity (Wildman–Crippen MR) is 73.3 cm³/mol. The van der Waals surface area contributed by atoms with Crippen LogP contribution in [0.5, 0.6) is 0 Å². The second kappa shape index (κ2) is 8.28. The lowest BCUT2D eigenvalue weighted by atomic mass is 9.87. The predicted octanol–water partition coefficient (Wildman–Crippen LogP) is 3.08. The summed E-state index contributed by atoms with van der Waals surface area (Å²) >= 11 is 0. The SMILES string of the molecule is CCCCC(CC)CNC(=O)C1CCCCC1=O. The van der Waals surface area contributed by atoms with Crippen LogP contribution in [0, 0.1) is 11.8 Å². The Morgan fingerprint density at radius 3 is 2.78 bits per heavy atom. The molecule has 0 aromatic carbocycles. The molecule has 1 saturated carbocycles. The van der Waals surface area contributed by atoms with Crippen molar-refractivity contribution in [3.63, 3.8) is 0 Å². The first kappa shape index (κ1) is 15.2. The highest BCUT2D eigenvalue weighted by Gasteiger charge is 2.28. The van der Waals surface area contributed by atoms with E-state index in [4.69, 9.17) is 0 Å². The molecule has 1 rings (SSSR count). The number of carbonyl (C=O) groups excluding carboxylic acids is 2. The van der Waals surface area contributed by atoms with Crippen LogP contribution in [0.15, 0.2) is 0 Å². The number of ketones is 1. The average Bonchev–Trinajstić information content (AvgIpc) is 2.39. The number of Topliss-reactive ketones (excluding diaryl/α,β-unsaturated/α-hetero) is 1. The molecule has 1 aliphatic rings. The molecule has 0 aromatic heterocycles. The molecule has 0 saturated heterocycles. The van der Waals surface area contributed by atoms with Crippen LogP contribution in [0.3, 0.4) is 0 Å². The Labute approximate surface area is 111 Å². The van der Waals surface area contributed by atoms with Crippen molar-refractivity contribution in [2.75, 3.05) is 6.54 Å². The molecule has 0 aliphatic heterocycles. The zero-order chi connectivity index (χ0) is 13.4. The van der Waals surface area contributed by atoms with Gasteiger partial charge in [0.05, 0.1) is 5.92 Å². The summed E-state index contributed by atoms with van der Waals surface area (Å²) in [7, 11) is 0. The Balaban J connectivity index is 2.32. The Morgan fingerprint density at radius 2 is 2.17 bits per heavy atom. The van der Waals surface area contributed by atoms with Crippen LogP contribution < -0.4 is 5.32 Å². The van der Waals surface area contributed by atoms with E-state index in [1.807, 2.05) is 0 Å². The lowest BCUT2D eigenvalue weighted by molar-refractivity contribution is -0.135. The van der Waals surface area contributed by atoms with Crippen molar-refractivity contribution < 1.29 is 9.59 Å². The van der Waals surface area contributed by atoms with Gasteiger partial charge in [0.1, 0.15) is 5.78 Å². The van der Waals surface area contributed by atoms with Gasteiger partial charge in [-0.3, -0.25) is 9.59 Å². The number of hydrogen-bond donors (Lipinski definition) is 1. The highest BCUT2D eigenvalue weighted by atomic mass is 16.2. The minimum Gasteiger partial charge on any atom is -0.355 e. The zero-order valence-electron chi connectivity index (χ0n) is 11.8. The van der Waals surface area contributed by atoms with E-state index >= 15 is 0 Å². The molecular formula is C15H27NO2. The van der Waals surface area contributed by atoms with Gasteiger partial charge in [0.2, 0.25) is 5.91 Å². The molecule has 104 valence electrons. The van der Waals surface area contributed by atoms with E-state index in [1.165, 1.54) is 19.3 Å². The maximum absolute atomic E-state index is 12.0. The Kier molecular flexibility index (Phi) is 6.99. The molecule has 1 N–H and O–H groups in total. The molecule has 18 heavy (non-hydrogen) atoms. The number of unbranched alkanes of at least 4 members (excludes halogenated alkanes) is 1. The van der Waals surface area contributed by atoms with Crippen molar-refractivity contribution in [2.45, 2.75) is 65.2 Å². The van der Waals surface area contributed by atoms with E-state index < -0.39 is 0 Å². The summed E-state index contributed by atoms with van der Waals surface area (Å²) in [4.78, 5) is 23.6. The van der Waals surface area contributed by atoms with Gasteiger partial charge in [0.25, 0.3) is 0 Å².